The average molecular weight is 255 g/mol. The third-order valence-electron chi connectivity index (χ3n) is 2.88. The Morgan fingerprint density at radius 3 is 2.59 bits per heavy atom. The molecule has 5 heteroatoms. The normalized spacial score (nSPS) is 20.4. The smallest absolute Gasteiger partial charge is 0.178 e. The lowest BCUT2D eigenvalue weighted by Gasteiger charge is -2.12. The van der Waals surface area contributed by atoms with E-state index in [0.29, 0.717) is 4.90 Å². The molecule has 0 amide bonds. The van der Waals surface area contributed by atoms with Gasteiger partial charge in [-0.25, -0.2) is 8.42 Å². The van der Waals surface area contributed by atoms with Gasteiger partial charge in [-0.2, -0.15) is 0 Å². The Bertz CT molecular complexity index is 461. The van der Waals surface area contributed by atoms with Crippen molar-refractivity contribution in [1.82, 2.24) is 5.32 Å². The molecule has 1 aromatic rings. The zero-order valence-corrected chi connectivity index (χ0v) is 10.7. The molecule has 0 aliphatic carbocycles. The Morgan fingerprint density at radius 1 is 1.35 bits per heavy atom. The first-order valence-electron chi connectivity index (χ1n) is 5.82. The van der Waals surface area contributed by atoms with Crippen LogP contribution in [0.2, 0.25) is 0 Å². The lowest BCUT2D eigenvalue weighted by atomic mass is 10.3. The fourth-order valence-corrected chi connectivity index (χ4v) is 2.70. The monoisotopic (exact) mass is 255 g/mol. The number of hydrogen-bond acceptors (Lipinski definition) is 4. The maximum atomic E-state index is 11.6. The third-order valence-corrected chi connectivity index (χ3v) is 4.63. The second kappa shape index (κ2) is 5.06. The molecule has 1 unspecified atom stereocenters. The van der Waals surface area contributed by atoms with Crippen molar-refractivity contribution in [2.75, 3.05) is 18.8 Å². The van der Waals surface area contributed by atoms with Gasteiger partial charge in [0.05, 0.1) is 10.6 Å². The highest BCUT2D eigenvalue weighted by Gasteiger charge is 2.16. The van der Waals surface area contributed by atoms with Crippen molar-refractivity contribution < 1.29 is 13.2 Å². The number of ether oxygens (including phenoxy) is 1. The fraction of sp³-hybridized carbons (Fsp3) is 0.500. The summed E-state index contributed by atoms with van der Waals surface area (Å²) >= 11 is 0. The van der Waals surface area contributed by atoms with Crippen LogP contribution in [-0.4, -0.2) is 33.4 Å². The Hall–Kier alpha value is -1.07. The summed E-state index contributed by atoms with van der Waals surface area (Å²) in [5.41, 5.74) is 0. The first-order chi connectivity index (χ1) is 8.12. The Balaban J connectivity index is 2.07. The average Bonchev–Trinajstić information content (AvgIpc) is 2.83. The van der Waals surface area contributed by atoms with Crippen LogP contribution in [0.3, 0.4) is 0 Å². The zero-order valence-electron chi connectivity index (χ0n) is 9.85. The van der Waals surface area contributed by atoms with Crippen molar-refractivity contribution in [2.45, 2.75) is 24.3 Å². The van der Waals surface area contributed by atoms with E-state index in [0.717, 1.165) is 25.3 Å². The van der Waals surface area contributed by atoms with Crippen molar-refractivity contribution in [2.24, 2.45) is 0 Å². The van der Waals surface area contributed by atoms with Gasteiger partial charge >= 0.3 is 0 Å². The number of benzene rings is 1. The molecule has 17 heavy (non-hydrogen) atoms. The van der Waals surface area contributed by atoms with Crippen LogP contribution in [0.4, 0.5) is 0 Å². The van der Waals surface area contributed by atoms with Crippen LogP contribution in [0, 0.1) is 0 Å². The summed E-state index contributed by atoms with van der Waals surface area (Å²) in [6, 6.07) is 6.66. The third kappa shape index (κ3) is 2.98. The topological polar surface area (TPSA) is 55.4 Å². The van der Waals surface area contributed by atoms with Crippen LogP contribution >= 0.6 is 0 Å². The molecule has 1 heterocycles. The molecule has 94 valence electrons. The molecule has 1 fully saturated rings. The van der Waals surface area contributed by atoms with Crippen molar-refractivity contribution >= 4 is 9.84 Å². The zero-order chi connectivity index (χ0) is 12.3. The lowest BCUT2D eigenvalue weighted by Crippen LogP contribution is -2.19. The fourth-order valence-electron chi connectivity index (χ4n) is 1.81. The minimum atomic E-state index is -3.11. The summed E-state index contributed by atoms with van der Waals surface area (Å²) in [6.45, 7) is 3.48. The van der Waals surface area contributed by atoms with E-state index in [9.17, 15) is 8.42 Å². The van der Waals surface area contributed by atoms with Gasteiger partial charge in [0.2, 0.25) is 0 Å². The molecule has 1 aromatic carbocycles. The minimum absolute atomic E-state index is 0.125. The lowest BCUT2D eigenvalue weighted by molar-refractivity contribution is 0.223. The molecule has 1 aliphatic heterocycles. The number of hydrogen-bond donors (Lipinski definition) is 1. The molecule has 0 spiro atoms. The highest BCUT2D eigenvalue weighted by Crippen LogP contribution is 2.19. The standard InChI is InChI=1S/C12H17NO3S/c1-2-17(14,15)12-5-3-10(4-6-12)16-11-7-8-13-9-11/h3-6,11,13H,2,7-9H2,1H3. The van der Waals surface area contributed by atoms with E-state index in [-0.39, 0.29) is 11.9 Å². The molecule has 0 bridgehead atoms. The van der Waals surface area contributed by atoms with E-state index in [2.05, 4.69) is 5.32 Å². The first kappa shape index (κ1) is 12.4. The maximum Gasteiger partial charge on any atom is 0.178 e. The molecule has 0 radical (unpaired) electrons. The summed E-state index contributed by atoms with van der Waals surface area (Å²) in [5, 5.41) is 3.22. The van der Waals surface area contributed by atoms with E-state index in [1.807, 2.05) is 0 Å². The Kier molecular flexibility index (Phi) is 3.69. The summed E-state index contributed by atoms with van der Waals surface area (Å²) in [4.78, 5) is 0.358. The van der Waals surface area contributed by atoms with E-state index in [1.165, 1.54) is 0 Å². The highest BCUT2D eigenvalue weighted by atomic mass is 32.2. The van der Waals surface area contributed by atoms with Gasteiger partial charge < -0.3 is 10.1 Å². The van der Waals surface area contributed by atoms with Gasteiger partial charge in [0.15, 0.2) is 9.84 Å². The van der Waals surface area contributed by atoms with Gasteiger partial charge in [-0.3, -0.25) is 0 Å². The molecular weight excluding hydrogens is 238 g/mol. The van der Waals surface area contributed by atoms with Crippen LogP contribution in [0.1, 0.15) is 13.3 Å². The molecule has 0 aromatic heterocycles. The molecule has 1 atom stereocenters. The molecule has 2 rings (SSSR count). The van der Waals surface area contributed by atoms with E-state index < -0.39 is 9.84 Å². The summed E-state index contributed by atoms with van der Waals surface area (Å²) in [6.07, 6.45) is 1.19. The highest BCUT2D eigenvalue weighted by molar-refractivity contribution is 7.91. The van der Waals surface area contributed by atoms with Crippen molar-refractivity contribution in [3.8, 4) is 5.75 Å². The Labute approximate surface area is 102 Å². The molecule has 0 saturated carbocycles. The van der Waals surface area contributed by atoms with Crippen LogP contribution in [0.15, 0.2) is 29.2 Å². The van der Waals surface area contributed by atoms with E-state index >= 15 is 0 Å². The van der Waals surface area contributed by atoms with E-state index in [1.54, 1.807) is 31.2 Å². The van der Waals surface area contributed by atoms with Crippen molar-refractivity contribution in [3.05, 3.63) is 24.3 Å². The van der Waals surface area contributed by atoms with Crippen LogP contribution in [-0.2, 0) is 9.84 Å². The van der Waals surface area contributed by atoms with Gasteiger partial charge in [-0.15, -0.1) is 0 Å². The van der Waals surface area contributed by atoms with Crippen molar-refractivity contribution in [1.29, 1.82) is 0 Å². The number of sulfone groups is 1. The SMILES string of the molecule is CCS(=O)(=O)c1ccc(OC2CCNC2)cc1. The molecule has 1 N–H and O–H groups in total. The number of nitrogens with one attached hydrogen (secondary N) is 1. The molecule has 4 nitrogen and oxygen atoms in total. The Morgan fingerprint density at radius 2 is 2.06 bits per heavy atom. The predicted molar refractivity (Wildman–Crippen MR) is 66.1 cm³/mol. The minimum Gasteiger partial charge on any atom is -0.489 e. The first-order valence-corrected chi connectivity index (χ1v) is 7.47. The van der Waals surface area contributed by atoms with Crippen LogP contribution in [0.25, 0.3) is 0 Å². The second-order valence-electron chi connectivity index (χ2n) is 4.11. The number of rotatable bonds is 4. The summed E-state index contributed by atoms with van der Waals surface area (Å²) in [7, 11) is -3.11. The van der Waals surface area contributed by atoms with Gasteiger partial charge in [-0.1, -0.05) is 6.92 Å². The molecule has 1 saturated heterocycles. The van der Waals surface area contributed by atoms with Gasteiger partial charge in [-0.05, 0) is 37.2 Å². The summed E-state index contributed by atoms with van der Waals surface area (Å²) < 4.78 is 28.9. The van der Waals surface area contributed by atoms with Gasteiger partial charge in [0, 0.05) is 6.54 Å². The van der Waals surface area contributed by atoms with Gasteiger partial charge in [0.25, 0.3) is 0 Å². The van der Waals surface area contributed by atoms with Crippen molar-refractivity contribution in [3.63, 3.8) is 0 Å². The van der Waals surface area contributed by atoms with Crippen LogP contribution < -0.4 is 10.1 Å². The quantitative estimate of drug-likeness (QED) is 0.879. The summed E-state index contributed by atoms with van der Waals surface area (Å²) in [5.74, 6) is 0.855. The maximum absolute atomic E-state index is 11.6. The second-order valence-corrected chi connectivity index (χ2v) is 6.39. The predicted octanol–water partition coefficient (Wildman–Crippen LogP) is 1.22. The molecule has 1 aliphatic rings. The van der Waals surface area contributed by atoms with Crippen LogP contribution in [0.5, 0.6) is 5.75 Å². The van der Waals surface area contributed by atoms with Gasteiger partial charge in [0.1, 0.15) is 11.9 Å². The van der Waals surface area contributed by atoms with E-state index in [4.69, 9.17) is 4.74 Å². The largest absolute Gasteiger partial charge is 0.489 e. The molecular formula is C12H17NO3S.